The Kier molecular flexibility index (Phi) is 4.39. The summed E-state index contributed by atoms with van der Waals surface area (Å²) in [5.74, 6) is -1.51. The van der Waals surface area contributed by atoms with Gasteiger partial charge in [-0.1, -0.05) is 37.3 Å². The fourth-order valence-corrected chi connectivity index (χ4v) is 2.50. The summed E-state index contributed by atoms with van der Waals surface area (Å²) in [7, 11) is 0. The maximum Gasteiger partial charge on any atom is 0.306 e. The van der Waals surface area contributed by atoms with E-state index in [4.69, 9.17) is 10.8 Å². The van der Waals surface area contributed by atoms with Crippen molar-refractivity contribution in [2.45, 2.75) is 12.8 Å². The molecule has 2 rings (SSSR count). The molecule has 1 saturated heterocycles. The molecule has 0 spiro atoms. The molecule has 3 N–H and O–H groups in total. The van der Waals surface area contributed by atoms with Crippen LogP contribution >= 0.6 is 0 Å². The van der Waals surface area contributed by atoms with Gasteiger partial charge in [0.05, 0.1) is 11.8 Å². The Hall–Kier alpha value is -1.88. The number of likely N-dealkylation sites (tertiary alicyclic amines) is 1. The lowest BCUT2D eigenvalue weighted by molar-refractivity contribution is -0.151. The van der Waals surface area contributed by atoms with E-state index in [0.29, 0.717) is 13.1 Å². The summed E-state index contributed by atoms with van der Waals surface area (Å²) in [5.41, 5.74) is 6.64. The molecule has 20 heavy (non-hydrogen) atoms. The quantitative estimate of drug-likeness (QED) is 0.837. The first-order valence-corrected chi connectivity index (χ1v) is 6.81. The molecule has 0 aromatic heterocycles. The van der Waals surface area contributed by atoms with Gasteiger partial charge in [-0.15, -0.1) is 0 Å². The highest BCUT2D eigenvalue weighted by atomic mass is 16.4. The van der Waals surface area contributed by atoms with Crippen LogP contribution in [0.3, 0.4) is 0 Å². The van der Waals surface area contributed by atoms with Gasteiger partial charge in [-0.3, -0.25) is 9.59 Å². The van der Waals surface area contributed by atoms with Crippen molar-refractivity contribution in [2.24, 2.45) is 17.6 Å². The van der Waals surface area contributed by atoms with Crippen molar-refractivity contribution in [3.8, 4) is 0 Å². The number of carbonyl (C=O) groups excluding carboxylic acids is 1. The minimum atomic E-state index is -0.805. The summed E-state index contributed by atoms with van der Waals surface area (Å²) in [6.45, 7) is 2.97. The third-order valence-corrected chi connectivity index (χ3v) is 4.05. The van der Waals surface area contributed by atoms with Gasteiger partial charge in [0.15, 0.2) is 0 Å². The number of carboxylic acids is 1. The van der Waals surface area contributed by atoms with Crippen LogP contribution in [-0.2, 0) is 9.59 Å². The number of amides is 1. The molecule has 2 unspecified atom stereocenters. The molecule has 1 amide bonds. The van der Waals surface area contributed by atoms with Crippen LogP contribution in [0.25, 0.3) is 0 Å². The van der Waals surface area contributed by atoms with Crippen LogP contribution in [0.1, 0.15) is 18.4 Å². The molecule has 108 valence electrons. The Morgan fingerprint density at radius 1 is 1.35 bits per heavy atom. The smallest absolute Gasteiger partial charge is 0.306 e. The minimum absolute atomic E-state index is 0.00691. The highest BCUT2D eigenvalue weighted by Gasteiger charge is 2.39. The summed E-state index contributed by atoms with van der Waals surface area (Å²) < 4.78 is 0. The van der Waals surface area contributed by atoms with Crippen LogP contribution in [0.4, 0.5) is 0 Å². The lowest BCUT2D eigenvalue weighted by Gasteiger charge is -2.42. The zero-order valence-electron chi connectivity index (χ0n) is 11.5. The molecule has 0 saturated carbocycles. The number of nitrogens with zero attached hydrogens (tertiary/aromatic N) is 1. The molecule has 5 heteroatoms. The molecule has 1 aliphatic heterocycles. The molecule has 5 nitrogen and oxygen atoms in total. The van der Waals surface area contributed by atoms with Gasteiger partial charge >= 0.3 is 5.97 Å². The molecule has 1 fully saturated rings. The molecule has 1 heterocycles. The number of rotatable bonds is 5. The highest BCUT2D eigenvalue weighted by Crippen LogP contribution is 2.28. The largest absolute Gasteiger partial charge is 0.481 e. The highest BCUT2D eigenvalue weighted by molar-refractivity contribution is 5.85. The van der Waals surface area contributed by atoms with E-state index in [2.05, 4.69) is 0 Å². The van der Waals surface area contributed by atoms with Crippen LogP contribution in [-0.4, -0.2) is 41.5 Å². The topological polar surface area (TPSA) is 83.6 Å². The molecule has 0 bridgehead atoms. The number of carbonyl (C=O) groups is 2. The van der Waals surface area contributed by atoms with E-state index in [-0.39, 0.29) is 24.3 Å². The lowest BCUT2D eigenvalue weighted by Crippen LogP contribution is -2.55. The molecule has 2 atom stereocenters. The average Bonchev–Trinajstić information content (AvgIpc) is 2.39. The Morgan fingerprint density at radius 3 is 2.45 bits per heavy atom. The van der Waals surface area contributed by atoms with Crippen molar-refractivity contribution >= 4 is 11.9 Å². The van der Waals surface area contributed by atoms with Crippen molar-refractivity contribution < 1.29 is 14.7 Å². The number of carboxylic acid groups (broad SMARTS) is 1. The van der Waals surface area contributed by atoms with Crippen LogP contribution in [0.5, 0.6) is 0 Å². The first kappa shape index (κ1) is 14.5. The zero-order chi connectivity index (χ0) is 14.7. The van der Waals surface area contributed by atoms with Crippen molar-refractivity contribution in [3.63, 3.8) is 0 Å². The molecule has 1 aromatic rings. The summed E-state index contributed by atoms with van der Waals surface area (Å²) >= 11 is 0. The van der Waals surface area contributed by atoms with Crippen molar-refractivity contribution in [1.82, 2.24) is 4.90 Å². The van der Waals surface area contributed by atoms with Gasteiger partial charge in [-0.05, 0) is 5.56 Å². The van der Waals surface area contributed by atoms with Gasteiger partial charge in [-0.25, -0.2) is 0 Å². The molecular weight excluding hydrogens is 256 g/mol. The van der Waals surface area contributed by atoms with Crippen LogP contribution < -0.4 is 5.73 Å². The van der Waals surface area contributed by atoms with Gasteiger partial charge in [0.2, 0.25) is 5.91 Å². The van der Waals surface area contributed by atoms with Crippen LogP contribution in [0.2, 0.25) is 0 Å². The lowest BCUT2D eigenvalue weighted by atomic mass is 9.85. The average molecular weight is 276 g/mol. The minimum Gasteiger partial charge on any atom is -0.481 e. The van der Waals surface area contributed by atoms with E-state index < -0.39 is 11.9 Å². The van der Waals surface area contributed by atoms with E-state index in [1.807, 2.05) is 30.3 Å². The molecule has 0 aliphatic carbocycles. The van der Waals surface area contributed by atoms with E-state index in [9.17, 15) is 9.59 Å². The van der Waals surface area contributed by atoms with Crippen LogP contribution in [0.15, 0.2) is 30.3 Å². The van der Waals surface area contributed by atoms with Gasteiger partial charge in [-0.2, -0.15) is 0 Å². The van der Waals surface area contributed by atoms with E-state index in [1.165, 1.54) is 0 Å². The Balaban J connectivity index is 1.97. The van der Waals surface area contributed by atoms with Crippen molar-refractivity contribution in [2.75, 3.05) is 19.6 Å². The third-order valence-electron chi connectivity index (χ3n) is 4.05. The van der Waals surface area contributed by atoms with Crippen molar-refractivity contribution in [1.29, 1.82) is 0 Å². The second-order valence-corrected chi connectivity index (χ2v) is 5.33. The first-order valence-electron chi connectivity index (χ1n) is 6.81. The van der Waals surface area contributed by atoms with E-state index in [1.54, 1.807) is 11.8 Å². The summed E-state index contributed by atoms with van der Waals surface area (Å²) in [5, 5.41) is 8.95. The van der Waals surface area contributed by atoms with E-state index in [0.717, 1.165) is 5.56 Å². The molecular formula is C15H20N2O3. The SMILES string of the molecule is CC(C(=O)O)C1CN(C(=O)C(CN)c2ccccc2)C1. The standard InChI is InChI=1S/C15H20N2O3/c1-10(15(19)20)12-8-17(9-12)14(18)13(7-16)11-5-3-2-4-6-11/h2-6,10,12-13H,7-9,16H2,1H3,(H,19,20). The maximum absolute atomic E-state index is 12.4. The summed E-state index contributed by atoms with van der Waals surface area (Å²) in [6, 6.07) is 9.46. The first-order chi connectivity index (χ1) is 9.54. The zero-order valence-corrected chi connectivity index (χ0v) is 11.5. The second-order valence-electron chi connectivity index (χ2n) is 5.33. The maximum atomic E-state index is 12.4. The third kappa shape index (κ3) is 2.82. The fourth-order valence-electron chi connectivity index (χ4n) is 2.50. The Morgan fingerprint density at radius 2 is 1.95 bits per heavy atom. The Bertz CT molecular complexity index is 483. The number of hydrogen-bond donors (Lipinski definition) is 2. The summed E-state index contributed by atoms with van der Waals surface area (Å²) in [4.78, 5) is 25.0. The number of nitrogens with two attached hydrogens (primary N) is 1. The predicted molar refractivity (Wildman–Crippen MR) is 75.1 cm³/mol. The molecule has 1 aromatic carbocycles. The predicted octanol–water partition coefficient (Wildman–Crippen LogP) is 0.908. The Labute approximate surface area is 118 Å². The molecule has 0 radical (unpaired) electrons. The number of aliphatic carboxylic acids is 1. The number of hydrogen-bond acceptors (Lipinski definition) is 3. The monoisotopic (exact) mass is 276 g/mol. The van der Waals surface area contributed by atoms with Gasteiger partial charge in [0.1, 0.15) is 0 Å². The van der Waals surface area contributed by atoms with Gasteiger partial charge in [0, 0.05) is 25.6 Å². The normalized spacial score (nSPS) is 18.2. The second kappa shape index (κ2) is 6.05. The van der Waals surface area contributed by atoms with Crippen LogP contribution in [0, 0.1) is 11.8 Å². The van der Waals surface area contributed by atoms with E-state index >= 15 is 0 Å². The number of benzene rings is 1. The van der Waals surface area contributed by atoms with Crippen molar-refractivity contribution in [3.05, 3.63) is 35.9 Å². The van der Waals surface area contributed by atoms with Gasteiger partial charge < -0.3 is 15.7 Å². The summed E-state index contributed by atoms with van der Waals surface area (Å²) in [6.07, 6.45) is 0. The fraction of sp³-hybridized carbons (Fsp3) is 0.467. The van der Waals surface area contributed by atoms with Gasteiger partial charge in [0.25, 0.3) is 0 Å². The molecule has 1 aliphatic rings.